The van der Waals surface area contributed by atoms with Crippen molar-refractivity contribution >= 4 is 34.7 Å². The number of anilines is 1. The van der Waals surface area contributed by atoms with E-state index in [1.165, 1.54) is 25.2 Å². The zero-order valence-corrected chi connectivity index (χ0v) is 21.6. The van der Waals surface area contributed by atoms with Crippen molar-refractivity contribution in [2.45, 2.75) is 32.2 Å². The van der Waals surface area contributed by atoms with Crippen LogP contribution in [0.5, 0.6) is 11.5 Å². The summed E-state index contributed by atoms with van der Waals surface area (Å²) in [5, 5.41) is 11.8. The number of para-hydroxylation sites is 1. The topological polar surface area (TPSA) is 76.1 Å². The number of hydrogen-bond acceptors (Lipinski definition) is 5. The minimum Gasteiger partial charge on any atom is -0.507 e. The Morgan fingerprint density at radius 3 is 2.17 bits per heavy atom. The van der Waals surface area contributed by atoms with Crippen LogP contribution in [0.4, 0.5) is 5.69 Å². The molecule has 0 saturated carbocycles. The zero-order valence-electron chi connectivity index (χ0n) is 20.8. The predicted molar refractivity (Wildman–Crippen MR) is 141 cm³/mol. The summed E-state index contributed by atoms with van der Waals surface area (Å²) in [6.07, 6.45) is 0. The molecule has 3 aromatic carbocycles. The third kappa shape index (κ3) is 4.44. The van der Waals surface area contributed by atoms with Crippen molar-refractivity contribution in [1.82, 2.24) is 0 Å². The van der Waals surface area contributed by atoms with E-state index in [0.717, 1.165) is 5.56 Å². The van der Waals surface area contributed by atoms with E-state index in [9.17, 15) is 14.7 Å². The number of Topliss-reactive ketones (excluding diaryl/α,β-unsaturated/α-hetero) is 1. The van der Waals surface area contributed by atoms with Crippen molar-refractivity contribution in [3.8, 4) is 11.5 Å². The number of amides is 1. The maximum Gasteiger partial charge on any atom is 0.300 e. The Kier molecular flexibility index (Phi) is 6.83. The highest BCUT2D eigenvalue weighted by Crippen LogP contribution is 2.46. The van der Waals surface area contributed by atoms with E-state index in [4.69, 9.17) is 21.1 Å². The summed E-state index contributed by atoms with van der Waals surface area (Å²) in [5.41, 5.74) is 2.22. The van der Waals surface area contributed by atoms with Crippen LogP contribution in [0.15, 0.2) is 72.3 Å². The molecule has 1 heterocycles. The predicted octanol–water partition coefficient (Wildman–Crippen LogP) is 6.28. The SMILES string of the molecule is COc1ccc(Cl)cc1/C(O)=C1\C(=O)C(=O)N(c2ccc(C(C)(C)C)cc2)C1c1ccccc1OC. The quantitative estimate of drug-likeness (QED) is 0.251. The number of nitrogens with zero attached hydrogens (tertiary/aromatic N) is 1. The number of benzene rings is 3. The summed E-state index contributed by atoms with van der Waals surface area (Å²) in [6.45, 7) is 6.30. The fraction of sp³-hybridized carbons (Fsp3) is 0.241. The summed E-state index contributed by atoms with van der Waals surface area (Å²) >= 11 is 6.20. The smallest absolute Gasteiger partial charge is 0.300 e. The number of aliphatic hydroxyl groups is 1. The molecule has 1 saturated heterocycles. The monoisotopic (exact) mass is 505 g/mol. The van der Waals surface area contributed by atoms with Gasteiger partial charge in [-0.05, 0) is 47.4 Å². The highest BCUT2D eigenvalue weighted by molar-refractivity contribution is 6.51. The van der Waals surface area contributed by atoms with Crippen molar-refractivity contribution in [3.63, 3.8) is 0 Å². The molecule has 1 amide bonds. The molecule has 3 aromatic rings. The van der Waals surface area contributed by atoms with Crippen LogP contribution in [-0.4, -0.2) is 31.0 Å². The Labute approximate surface area is 215 Å². The highest BCUT2D eigenvalue weighted by atomic mass is 35.5. The van der Waals surface area contributed by atoms with Gasteiger partial charge in [0, 0.05) is 16.3 Å². The summed E-state index contributed by atoms with van der Waals surface area (Å²) in [5.74, 6) is -1.15. The number of halogens is 1. The van der Waals surface area contributed by atoms with Gasteiger partial charge in [-0.3, -0.25) is 14.5 Å². The molecule has 1 aliphatic rings. The van der Waals surface area contributed by atoms with Crippen molar-refractivity contribution in [1.29, 1.82) is 0 Å². The fourth-order valence-corrected chi connectivity index (χ4v) is 4.59. The first kappa shape index (κ1) is 25.3. The lowest BCUT2D eigenvalue weighted by Crippen LogP contribution is -2.29. The van der Waals surface area contributed by atoms with Crippen LogP contribution in [0.3, 0.4) is 0 Å². The summed E-state index contributed by atoms with van der Waals surface area (Å²) in [7, 11) is 2.97. The van der Waals surface area contributed by atoms with Gasteiger partial charge >= 0.3 is 0 Å². The second-order valence-corrected chi connectivity index (χ2v) is 9.99. The van der Waals surface area contributed by atoms with E-state index in [1.807, 2.05) is 24.3 Å². The van der Waals surface area contributed by atoms with Crippen LogP contribution < -0.4 is 14.4 Å². The molecule has 186 valence electrons. The van der Waals surface area contributed by atoms with E-state index < -0.39 is 17.7 Å². The normalized spacial score (nSPS) is 17.4. The van der Waals surface area contributed by atoms with Gasteiger partial charge in [0.05, 0.1) is 31.4 Å². The molecule has 36 heavy (non-hydrogen) atoms. The minimum atomic E-state index is -0.940. The molecule has 7 heteroatoms. The van der Waals surface area contributed by atoms with Crippen LogP contribution in [0.25, 0.3) is 5.76 Å². The van der Waals surface area contributed by atoms with Gasteiger partial charge in [-0.1, -0.05) is 62.7 Å². The van der Waals surface area contributed by atoms with Gasteiger partial charge in [-0.2, -0.15) is 0 Å². The van der Waals surface area contributed by atoms with Crippen molar-refractivity contribution in [2.24, 2.45) is 0 Å². The molecule has 0 spiro atoms. The molecule has 1 unspecified atom stereocenters. The molecule has 6 nitrogen and oxygen atoms in total. The van der Waals surface area contributed by atoms with Gasteiger partial charge < -0.3 is 14.6 Å². The largest absolute Gasteiger partial charge is 0.507 e. The van der Waals surface area contributed by atoms with E-state index in [2.05, 4.69) is 20.8 Å². The van der Waals surface area contributed by atoms with Crippen molar-refractivity contribution < 1.29 is 24.2 Å². The number of carbonyl (C=O) groups excluding carboxylic acids is 2. The second-order valence-electron chi connectivity index (χ2n) is 9.55. The summed E-state index contributed by atoms with van der Waals surface area (Å²) < 4.78 is 11.0. The van der Waals surface area contributed by atoms with Crippen LogP contribution in [0.1, 0.15) is 43.5 Å². The first-order valence-corrected chi connectivity index (χ1v) is 11.8. The standard InChI is InChI=1S/C29H28ClNO5/c1-29(2,3)17-10-13-19(14-11-17)31-25(20-8-6-7-9-22(20)35-4)24(27(33)28(31)34)26(32)21-16-18(30)12-15-23(21)36-5/h6-16,25,32H,1-5H3/b26-24+. The average Bonchev–Trinajstić information content (AvgIpc) is 3.13. The number of ether oxygens (including phenoxy) is 2. The first-order valence-electron chi connectivity index (χ1n) is 11.5. The lowest BCUT2D eigenvalue weighted by Gasteiger charge is -2.27. The van der Waals surface area contributed by atoms with Gasteiger partial charge in [-0.25, -0.2) is 0 Å². The number of ketones is 1. The molecule has 1 aliphatic heterocycles. The van der Waals surface area contributed by atoms with Gasteiger partial charge in [0.2, 0.25) is 0 Å². The fourth-order valence-electron chi connectivity index (χ4n) is 4.42. The van der Waals surface area contributed by atoms with Gasteiger partial charge in [0.25, 0.3) is 11.7 Å². The Morgan fingerprint density at radius 1 is 0.917 bits per heavy atom. The number of methoxy groups -OCH3 is 2. The number of aliphatic hydroxyl groups excluding tert-OH is 1. The maximum absolute atomic E-state index is 13.5. The molecular weight excluding hydrogens is 478 g/mol. The average molecular weight is 506 g/mol. The van der Waals surface area contributed by atoms with E-state index in [0.29, 0.717) is 27.8 Å². The first-order chi connectivity index (χ1) is 17.1. The van der Waals surface area contributed by atoms with Crippen LogP contribution in [0, 0.1) is 0 Å². The molecule has 4 rings (SSSR count). The number of rotatable bonds is 5. The van der Waals surface area contributed by atoms with Gasteiger partial charge in [0.1, 0.15) is 17.3 Å². The Bertz CT molecular complexity index is 1350. The molecule has 1 atom stereocenters. The minimum absolute atomic E-state index is 0.0787. The van der Waals surface area contributed by atoms with Crippen LogP contribution in [0.2, 0.25) is 5.02 Å². The van der Waals surface area contributed by atoms with Crippen molar-refractivity contribution in [2.75, 3.05) is 19.1 Å². The lowest BCUT2D eigenvalue weighted by atomic mass is 9.87. The van der Waals surface area contributed by atoms with E-state index in [1.54, 1.807) is 36.4 Å². The van der Waals surface area contributed by atoms with Gasteiger partial charge in [-0.15, -0.1) is 0 Å². The number of hydrogen-bond donors (Lipinski definition) is 1. The molecule has 0 aromatic heterocycles. The third-order valence-electron chi connectivity index (χ3n) is 6.31. The third-order valence-corrected chi connectivity index (χ3v) is 6.54. The van der Waals surface area contributed by atoms with Crippen LogP contribution in [-0.2, 0) is 15.0 Å². The molecule has 1 fully saturated rings. The molecule has 0 bridgehead atoms. The highest BCUT2D eigenvalue weighted by Gasteiger charge is 2.48. The van der Waals surface area contributed by atoms with E-state index >= 15 is 0 Å². The number of carbonyl (C=O) groups is 2. The maximum atomic E-state index is 13.5. The Balaban J connectivity index is 1.98. The Hall–Kier alpha value is -3.77. The van der Waals surface area contributed by atoms with Gasteiger partial charge in [0.15, 0.2) is 0 Å². The zero-order chi connectivity index (χ0) is 26.2. The lowest BCUT2D eigenvalue weighted by molar-refractivity contribution is -0.132. The van der Waals surface area contributed by atoms with Crippen molar-refractivity contribution in [3.05, 3.63) is 94.0 Å². The van der Waals surface area contributed by atoms with Crippen LogP contribution >= 0.6 is 11.6 Å². The Morgan fingerprint density at radius 2 is 1.56 bits per heavy atom. The summed E-state index contributed by atoms with van der Waals surface area (Å²) in [4.78, 5) is 28.3. The molecule has 1 N–H and O–H groups in total. The second kappa shape index (κ2) is 9.70. The van der Waals surface area contributed by atoms with E-state index in [-0.39, 0.29) is 22.3 Å². The molecule has 0 radical (unpaired) electrons. The molecule has 0 aliphatic carbocycles. The molecular formula is C29H28ClNO5. The summed E-state index contributed by atoms with van der Waals surface area (Å²) in [6, 6.07) is 18.4.